The summed E-state index contributed by atoms with van der Waals surface area (Å²) in [6, 6.07) is 9.23. The number of carbonyl (C=O) groups is 1. The number of nitrogens with zero attached hydrogens (tertiary/aromatic N) is 1. The van der Waals surface area contributed by atoms with Crippen molar-refractivity contribution in [2.45, 2.75) is 50.8 Å². The van der Waals surface area contributed by atoms with Crippen LogP contribution in [0, 0.1) is 6.92 Å². The van der Waals surface area contributed by atoms with Gasteiger partial charge in [-0.05, 0) is 56.9 Å². The lowest BCUT2D eigenvalue weighted by Crippen LogP contribution is -2.46. The van der Waals surface area contributed by atoms with E-state index in [2.05, 4.69) is 15.0 Å². The molecule has 164 valence electrons. The van der Waals surface area contributed by atoms with Crippen molar-refractivity contribution in [3.8, 4) is 5.88 Å². The van der Waals surface area contributed by atoms with Gasteiger partial charge >= 0.3 is 0 Å². The number of carbonyl (C=O) groups excluding carboxylic acids is 1. The van der Waals surface area contributed by atoms with E-state index in [1.54, 1.807) is 36.2 Å². The van der Waals surface area contributed by atoms with Crippen LogP contribution < -0.4 is 14.8 Å². The third-order valence-electron chi connectivity index (χ3n) is 4.18. The van der Waals surface area contributed by atoms with Gasteiger partial charge in [-0.25, -0.2) is 13.4 Å². The van der Waals surface area contributed by atoms with Gasteiger partial charge in [-0.3, -0.25) is 4.79 Å². The van der Waals surface area contributed by atoms with Gasteiger partial charge in [-0.2, -0.15) is 16.5 Å². The van der Waals surface area contributed by atoms with E-state index in [0.717, 1.165) is 11.1 Å². The minimum atomic E-state index is -3.80. The summed E-state index contributed by atoms with van der Waals surface area (Å²) in [5.74, 6) is 0.795. The Kier molecular flexibility index (Phi) is 9.13. The van der Waals surface area contributed by atoms with Crippen LogP contribution in [-0.2, 0) is 21.4 Å². The summed E-state index contributed by atoms with van der Waals surface area (Å²) in [7, 11) is -3.80. The molecular weight excluding hydrogens is 422 g/mol. The molecule has 0 spiro atoms. The van der Waals surface area contributed by atoms with Crippen molar-refractivity contribution >= 4 is 27.7 Å². The van der Waals surface area contributed by atoms with Crippen LogP contribution in [0.3, 0.4) is 0 Å². The van der Waals surface area contributed by atoms with E-state index < -0.39 is 16.1 Å². The monoisotopic (exact) mass is 451 g/mol. The molecule has 1 amide bonds. The quantitative estimate of drug-likeness (QED) is 0.545. The highest BCUT2D eigenvalue weighted by Gasteiger charge is 2.25. The molecule has 2 rings (SSSR count). The summed E-state index contributed by atoms with van der Waals surface area (Å²) in [6.07, 6.45) is 3.96. The van der Waals surface area contributed by atoms with Crippen molar-refractivity contribution in [1.29, 1.82) is 0 Å². The topological polar surface area (TPSA) is 97.4 Å². The predicted octanol–water partition coefficient (Wildman–Crippen LogP) is 2.89. The van der Waals surface area contributed by atoms with E-state index in [-0.39, 0.29) is 23.5 Å². The third-order valence-corrected chi connectivity index (χ3v) is 6.31. The zero-order chi connectivity index (χ0) is 22.1. The Morgan fingerprint density at radius 1 is 1.17 bits per heavy atom. The number of sulfonamides is 1. The average molecular weight is 452 g/mol. The van der Waals surface area contributed by atoms with Crippen molar-refractivity contribution in [3.63, 3.8) is 0 Å². The number of rotatable bonds is 11. The van der Waals surface area contributed by atoms with Gasteiger partial charge < -0.3 is 10.1 Å². The minimum Gasteiger partial charge on any atom is -0.475 e. The first-order valence-corrected chi connectivity index (χ1v) is 12.6. The molecule has 0 aliphatic carbocycles. The van der Waals surface area contributed by atoms with Gasteiger partial charge in [0.25, 0.3) is 0 Å². The SMILES string of the molecule is CSCCC(NS(=O)(=O)c1ccc(C)cc1)C(=O)NCc1ccc(OC(C)C)nc1. The molecule has 7 nitrogen and oxygen atoms in total. The van der Waals surface area contributed by atoms with Gasteiger partial charge in [0.1, 0.15) is 6.04 Å². The Morgan fingerprint density at radius 3 is 2.43 bits per heavy atom. The number of hydrogen-bond acceptors (Lipinski definition) is 6. The van der Waals surface area contributed by atoms with Crippen LogP contribution in [0.2, 0.25) is 0 Å². The Morgan fingerprint density at radius 2 is 1.87 bits per heavy atom. The highest BCUT2D eigenvalue weighted by molar-refractivity contribution is 7.98. The summed E-state index contributed by atoms with van der Waals surface area (Å²) < 4.78 is 33.4. The second kappa shape index (κ2) is 11.3. The predicted molar refractivity (Wildman–Crippen MR) is 120 cm³/mol. The molecule has 1 aromatic heterocycles. The van der Waals surface area contributed by atoms with Gasteiger partial charge in [-0.15, -0.1) is 0 Å². The van der Waals surface area contributed by atoms with Crippen molar-refractivity contribution in [2.75, 3.05) is 12.0 Å². The molecule has 1 aromatic carbocycles. The van der Waals surface area contributed by atoms with Crippen molar-refractivity contribution in [1.82, 2.24) is 15.0 Å². The number of pyridine rings is 1. The molecule has 0 saturated carbocycles. The second-order valence-electron chi connectivity index (χ2n) is 7.16. The molecule has 1 atom stereocenters. The fourth-order valence-electron chi connectivity index (χ4n) is 2.59. The van der Waals surface area contributed by atoms with Crippen LogP contribution in [0.4, 0.5) is 0 Å². The molecule has 0 bridgehead atoms. The summed E-state index contributed by atoms with van der Waals surface area (Å²) in [5.41, 5.74) is 1.76. The largest absolute Gasteiger partial charge is 0.475 e. The van der Waals surface area contributed by atoms with Gasteiger partial charge in [0.05, 0.1) is 11.0 Å². The number of benzene rings is 1. The molecule has 9 heteroatoms. The zero-order valence-corrected chi connectivity index (χ0v) is 19.3. The molecule has 2 N–H and O–H groups in total. The van der Waals surface area contributed by atoms with Crippen LogP contribution in [0.1, 0.15) is 31.4 Å². The van der Waals surface area contributed by atoms with E-state index >= 15 is 0 Å². The van der Waals surface area contributed by atoms with Crippen molar-refractivity contribution in [3.05, 3.63) is 53.7 Å². The molecule has 0 aliphatic heterocycles. The highest BCUT2D eigenvalue weighted by atomic mass is 32.2. The first kappa shape index (κ1) is 24.2. The van der Waals surface area contributed by atoms with Crippen molar-refractivity contribution in [2.24, 2.45) is 0 Å². The third kappa shape index (κ3) is 7.62. The number of ether oxygens (including phenoxy) is 1. The smallest absolute Gasteiger partial charge is 0.241 e. The van der Waals surface area contributed by atoms with E-state index in [1.165, 1.54) is 12.1 Å². The van der Waals surface area contributed by atoms with E-state index in [4.69, 9.17) is 4.74 Å². The Bertz CT molecular complexity index is 914. The number of aromatic nitrogens is 1. The van der Waals surface area contributed by atoms with Crippen LogP contribution in [0.5, 0.6) is 5.88 Å². The van der Waals surface area contributed by atoms with E-state index in [0.29, 0.717) is 18.1 Å². The van der Waals surface area contributed by atoms with Crippen LogP contribution in [0.15, 0.2) is 47.5 Å². The lowest BCUT2D eigenvalue weighted by molar-refractivity contribution is -0.122. The molecule has 0 fully saturated rings. The molecule has 1 unspecified atom stereocenters. The fourth-order valence-corrected chi connectivity index (χ4v) is 4.29. The normalized spacial score (nSPS) is 12.6. The fraction of sp³-hybridized carbons (Fsp3) is 0.429. The molecule has 0 radical (unpaired) electrons. The molecule has 0 saturated heterocycles. The molecule has 2 aromatic rings. The maximum Gasteiger partial charge on any atom is 0.241 e. The van der Waals surface area contributed by atoms with Crippen LogP contribution in [-0.4, -0.2) is 43.5 Å². The number of hydrogen-bond donors (Lipinski definition) is 2. The Labute approximate surface area is 183 Å². The van der Waals surface area contributed by atoms with Gasteiger partial charge in [0.2, 0.25) is 21.8 Å². The molecule has 30 heavy (non-hydrogen) atoms. The average Bonchev–Trinajstić information content (AvgIpc) is 2.70. The van der Waals surface area contributed by atoms with E-state index in [9.17, 15) is 13.2 Å². The number of aryl methyl sites for hydroxylation is 1. The Balaban J connectivity index is 2.03. The van der Waals surface area contributed by atoms with Crippen LogP contribution in [0.25, 0.3) is 0 Å². The lowest BCUT2D eigenvalue weighted by Gasteiger charge is -2.18. The number of nitrogens with one attached hydrogen (secondary N) is 2. The van der Waals surface area contributed by atoms with Gasteiger partial charge in [0, 0.05) is 18.8 Å². The second-order valence-corrected chi connectivity index (χ2v) is 9.86. The number of thioether (sulfide) groups is 1. The van der Waals surface area contributed by atoms with Gasteiger partial charge in [-0.1, -0.05) is 23.8 Å². The minimum absolute atomic E-state index is 0.0294. The first-order valence-electron chi connectivity index (χ1n) is 9.68. The lowest BCUT2D eigenvalue weighted by atomic mass is 10.2. The summed E-state index contributed by atoms with van der Waals surface area (Å²) in [5, 5.41) is 2.80. The molecular formula is C21H29N3O4S2. The summed E-state index contributed by atoms with van der Waals surface area (Å²) in [6.45, 7) is 5.97. The maximum absolute atomic E-state index is 12.7. The maximum atomic E-state index is 12.7. The summed E-state index contributed by atoms with van der Waals surface area (Å²) in [4.78, 5) is 17.1. The molecule has 1 heterocycles. The Hall–Kier alpha value is -2.10. The van der Waals surface area contributed by atoms with Gasteiger partial charge in [0.15, 0.2) is 0 Å². The highest BCUT2D eigenvalue weighted by Crippen LogP contribution is 2.13. The zero-order valence-electron chi connectivity index (χ0n) is 17.7. The van der Waals surface area contributed by atoms with E-state index in [1.807, 2.05) is 33.1 Å². The van der Waals surface area contributed by atoms with Crippen molar-refractivity contribution < 1.29 is 17.9 Å². The van der Waals surface area contributed by atoms with Crippen LogP contribution >= 0.6 is 11.8 Å². The molecule has 0 aliphatic rings. The number of amides is 1. The summed E-state index contributed by atoms with van der Waals surface area (Å²) >= 11 is 1.55. The standard InChI is InChI=1S/C21H29N3O4S2/c1-15(2)28-20-10-7-17(13-22-20)14-23-21(25)19(11-12-29-4)24-30(26,27)18-8-5-16(3)6-9-18/h5-10,13,15,19,24H,11-12,14H2,1-4H3,(H,23,25). The first-order chi connectivity index (χ1) is 14.2.